The van der Waals surface area contributed by atoms with Gasteiger partial charge >= 0.3 is 12.8 Å². The monoisotopic (exact) mass is 507 g/mol. The van der Waals surface area contributed by atoms with Crippen LogP contribution < -0.4 is 15.8 Å². The van der Waals surface area contributed by atoms with Gasteiger partial charge in [0.2, 0.25) is 6.10 Å². The zero-order valence-corrected chi connectivity index (χ0v) is 18.2. The van der Waals surface area contributed by atoms with E-state index < -0.39 is 48.4 Å². The highest BCUT2D eigenvalue weighted by atomic mass is 32.1. The number of amides is 1. The van der Waals surface area contributed by atoms with Gasteiger partial charge in [-0.05, 0) is 25.5 Å². The number of hydrogen-bond acceptors (Lipinski definition) is 9. The van der Waals surface area contributed by atoms with Crippen molar-refractivity contribution in [2.24, 2.45) is 16.6 Å². The zero-order valence-electron chi connectivity index (χ0n) is 17.4. The molecule has 3 N–H and O–H groups in total. The molecule has 4 heterocycles. The van der Waals surface area contributed by atoms with Crippen LogP contribution in [0.4, 0.5) is 27.8 Å². The third-order valence-electron chi connectivity index (χ3n) is 5.34. The first kappa shape index (κ1) is 24.1. The average Bonchev–Trinajstić information content (AvgIpc) is 3.22. The van der Waals surface area contributed by atoms with Crippen molar-refractivity contribution < 1.29 is 41.0 Å². The van der Waals surface area contributed by atoms with E-state index in [-0.39, 0.29) is 35.3 Å². The number of fused-ring (bicyclic) bond motifs is 1. The summed E-state index contributed by atoms with van der Waals surface area (Å²) in [7, 11) is 0. The number of carbonyl (C=O) groups is 1. The fraction of sp³-hybridized carbons (Fsp3) is 0.474. The van der Waals surface area contributed by atoms with E-state index >= 15 is 0 Å². The highest BCUT2D eigenvalue weighted by Crippen LogP contribution is 2.50. The molecule has 4 rings (SSSR count). The molecule has 2 aliphatic heterocycles. The molecule has 1 amide bonds. The summed E-state index contributed by atoms with van der Waals surface area (Å²) < 4.78 is 80.4. The number of thiazole rings is 1. The van der Waals surface area contributed by atoms with E-state index in [0.29, 0.717) is 0 Å². The van der Waals surface area contributed by atoms with E-state index in [1.807, 2.05) is 0 Å². The third kappa shape index (κ3) is 4.75. The molecule has 15 heteroatoms. The van der Waals surface area contributed by atoms with Crippen LogP contribution in [0.3, 0.4) is 0 Å². The van der Waals surface area contributed by atoms with Gasteiger partial charge in [0.05, 0.1) is 18.9 Å². The van der Waals surface area contributed by atoms with E-state index in [4.69, 9.17) is 15.2 Å². The van der Waals surface area contributed by atoms with Crippen molar-refractivity contribution in [2.75, 3.05) is 11.9 Å². The Kier molecular flexibility index (Phi) is 6.33. The quantitative estimate of drug-likeness (QED) is 0.596. The number of nitrogens with zero attached hydrogens (tertiary/aromatic N) is 3. The Morgan fingerprint density at radius 1 is 1.38 bits per heavy atom. The van der Waals surface area contributed by atoms with Crippen LogP contribution in [0.5, 0.6) is 5.75 Å². The highest BCUT2D eigenvalue weighted by molar-refractivity contribution is 7.10. The molecule has 184 valence electrons. The number of halogens is 5. The molecule has 34 heavy (non-hydrogen) atoms. The number of amidine groups is 1. The third-order valence-corrected chi connectivity index (χ3v) is 6.35. The molecule has 1 saturated heterocycles. The van der Waals surface area contributed by atoms with Gasteiger partial charge in [0.15, 0.2) is 0 Å². The number of aromatic nitrogens is 2. The van der Waals surface area contributed by atoms with Crippen LogP contribution in [0, 0.1) is 5.92 Å². The Morgan fingerprint density at radius 3 is 2.79 bits per heavy atom. The molecule has 1 fully saturated rings. The lowest BCUT2D eigenvalue weighted by molar-refractivity contribution is -0.241. The fourth-order valence-electron chi connectivity index (χ4n) is 3.88. The molecule has 0 unspecified atom stereocenters. The van der Waals surface area contributed by atoms with Gasteiger partial charge in [-0.1, -0.05) is 0 Å². The molecule has 0 spiro atoms. The second-order valence-electron chi connectivity index (χ2n) is 7.67. The van der Waals surface area contributed by atoms with Gasteiger partial charge in [-0.3, -0.25) is 4.79 Å². The Hall–Kier alpha value is -3.07. The Morgan fingerprint density at radius 2 is 2.15 bits per heavy atom. The second kappa shape index (κ2) is 8.94. The van der Waals surface area contributed by atoms with Crippen molar-refractivity contribution in [1.82, 2.24) is 9.97 Å². The van der Waals surface area contributed by atoms with Gasteiger partial charge in [-0.25, -0.2) is 15.0 Å². The predicted molar refractivity (Wildman–Crippen MR) is 109 cm³/mol. The van der Waals surface area contributed by atoms with E-state index in [2.05, 4.69) is 25.0 Å². The summed E-state index contributed by atoms with van der Waals surface area (Å²) in [5, 5.41) is 4.05. The number of rotatable bonds is 5. The summed E-state index contributed by atoms with van der Waals surface area (Å²) in [6.07, 6.45) is -6.42. The summed E-state index contributed by atoms with van der Waals surface area (Å²) in [5.41, 5.74) is 3.94. The second-order valence-corrected chi connectivity index (χ2v) is 8.53. The Labute approximate surface area is 193 Å². The average molecular weight is 507 g/mol. The first-order chi connectivity index (χ1) is 16.0. The van der Waals surface area contributed by atoms with Gasteiger partial charge in [-0.15, -0.1) is 11.3 Å². The van der Waals surface area contributed by atoms with Gasteiger partial charge in [0, 0.05) is 11.3 Å². The summed E-state index contributed by atoms with van der Waals surface area (Å²) in [4.78, 5) is 24.7. The normalized spacial score (nSPS) is 26.9. The number of ether oxygens (including phenoxy) is 3. The minimum atomic E-state index is -4.70. The van der Waals surface area contributed by atoms with E-state index in [0.717, 1.165) is 23.6 Å². The molecular weight excluding hydrogens is 489 g/mol. The molecule has 4 atom stereocenters. The van der Waals surface area contributed by atoms with Gasteiger partial charge < -0.3 is 25.3 Å². The molecule has 0 aliphatic carbocycles. The molecule has 2 aromatic rings. The first-order valence-electron chi connectivity index (χ1n) is 9.86. The number of hydrogen-bond donors (Lipinski definition) is 2. The number of nitrogens with one attached hydrogen (secondary N) is 1. The topological polar surface area (TPSA) is 121 Å². The maximum absolute atomic E-state index is 13.8. The van der Waals surface area contributed by atoms with Crippen molar-refractivity contribution in [1.29, 1.82) is 0 Å². The fourth-order valence-corrected chi connectivity index (χ4v) is 4.83. The molecule has 9 nitrogen and oxygen atoms in total. The van der Waals surface area contributed by atoms with Crippen molar-refractivity contribution in [3.05, 3.63) is 34.4 Å². The summed E-state index contributed by atoms with van der Waals surface area (Å²) in [6, 6.07) is 1.68. The molecule has 0 bridgehead atoms. The van der Waals surface area contributed by atoms with Crippen LogP contribution in [-0.2, 0) is 15.0 Å². The van der Waals surface area contributed by atoms with Crippen molar-refractivity contribution >= 4 is 29.1 Å². The van der Waals surface area contributed by atoms with Crippen LogP contribution in [0.25, 0.3) is 0 Å². The maximum atomic E-state index is 13.8. The number of aliphatic imine (C=N–C) groups is 1. The molecule has 0 radical (unpaired) electrons. The number of alkyl halides is 5. The lowest BCUT2D eigenvalue weighted by Gasteiger charge is -2.47. The Balaban J connectivity index is 1.58. The van der Waals surface area contributed by atoms with Gasteiger partial charge in [-0.2, -0.15) is 22.0 Å². The van der Waals surface area contributed by atoms with Crippen molar-refractivity contribution in [2.45, 2.75) is 43.9 Å². The van der Waals surface area contributed by atoms with Crippen LogP contribution in [-0.4, -0.2) is 53.5 Å². The minimum Gasteiger partial charge on any atom is -0.452 e. The van der Waals surface area contributed by atoms with E-state index in [9.17, 15) is 26.7 Å². The van der Waals surface area contributed by atoms with Crippen LogP contribution >= 0.6 is 11.3 Å². The van der Waals surface area contributed by atoms with Crippen molar-refractivity contribution in [3.63, 3.8) is 0 Å². The summed E-state index contributed by atoms with van der Waals surface area (Å²) >= 11 is 0.980. The van der Waals surface area contributed by atoms with E-state index in [1.54, 1.807) is 6.92 Å². The number of carbonyl (C=O) groups excluding carboxylic acids is 1. The lowest BCUT2D eigenvalue weighted by atomic mass is 9.75. The smallest absolute Gasteiger partial charge is 0.425 e. The van der Waals surface area contributed by atoms with Crippen LogP contribution in [0.2, 0.25) is 0 Å². The SMILES string of the molecule is C[C@H]1C[C@H]2[C@@H](C(F)(F)F)OC(N)=N[C@@]2(c2nc(NC(=O)c3ccc(OC(F)F)cn3)cs2)CO1. The number of pyridine rings is 1. The van der Waals surface area contributed by atoms with E-state index in [1.165, 1.54) is 11.4 Å². The van der Waals surface area contributed by atoms with Crippen LogP contribution in [0.1, 0.15) is 28.8 Å². The Bertz CT molecular complexity index is 1080. The van der Waals surface area contributed by atoms with Gasteiger partial charge in [0.1, 0.15) is 27.8 Å². The molecule has 0 aromatic carbocycles. The lowest BCUT2D eigenvalue weighted by Crippen LogP contribution is -2.59. The standard InChI is InChI=1S/C19H18F5N5O4S/c1-8-4-10-13(19(22,23)24)33-17(25)29-18(10,7-31-8)15-28-12(6-34-15)27-14(30)11-3-2-9(5-26-11)32-16(20)21/h2-3,5-6,8,10,13,16H,4,7H2,1H3,(H2,25,29)(H,27,30)/t8-,10-,13-,18-/m0/s1. The molecule has 2 aliphatic rings. The molecular formula is C19H18F5N5O4S. The molecule has 0 saturated carbocycles. The number of nitrogens with two attached hydrogens (primary N) is 1. The highest BCUT2D eigenvalue weighted by Gasteiger charge is 2.61. The maximum Gasteiger partial charge on any atom is 0.425 e. The largest absolute Gasteiger partial charge is 0.452 e. The zero-order chi connectivity index (χ0) is 24.7. The summed E-state index contributed by atoms with van der Waals surface area (Å²) in [6.45, 7) is -1.59. The number of anilines is 1. The van der Waals surface area contributed by atoms with Crippen molar-refractivity contribution in [3.8, 4) is 5.75 Å². The van der Waals surface area contributed by atoms with Crippen LogP contribution in [0.15, 0.2) is 28.7 Å². The van der Waals surface area contributed by atoms with Gasteiger partial charge in [0.25, 0.3) is 11.9 Å². The first-order valence-corrected chi connectivity index (χ1v) is 10.7. The summed E-state index contributed by atoms with van der Waals surface area (Å²) in [5.74, 6) is -2.06. The molecule has 2 aromatic heterocycles. The minimum absolute atomic E-state index is 0.000808. The predicted octanol–water partition coefficient (Wildman–Crippen LogP) is 3.29.